The lowest BCUT2D eigenvalue weighted by Gasteiger charge is -2.31. The maximum atomic E-state index is 13.2. The molecule has 0 saturated carbocycles. The lowest BCUT2D eigenvalue weighted by molar-refractivity contribution is -0.139. The molecule has 1 atom stereocenters. The number of benzene rings is 2. The summed E-state index contributed by atoms with van der Waals surface area (Å²) >= 11 is 6.00. The number of hydrogen-bond donors (Lipinski definition) is 1. The molecule has 6 nitrogen and oxygen atoms in total. The number of carbonyl (C=O) groups is 2. The van der Waals surface area contributed by atoms with Crippen molar-refractivity contribution in [3.05, 3.63) is 70.7 Å². The van der Waals surface area contributed by atoms with Crippen LogP contribution in [0.5, 0.6) is 0 Å². The first-order chi connectivity index (χ1) is 15.0. The second kappa shape index (κ2) is 11.8. The molecule has 2 aromatic carbocycles. The Labute approximate surface area is 189 Å². The Morgan fingerprint density at radius 1 is 1.06 bits per heavy atom. The van der Waals surface area contributed by atoms with E-state index in [2.05, 4.69) is 10.2 Å². The van der Waals surface area contributed by atoms with Crippen molar-refractivity contribution in [1.82, 2.24) is 15.1 Å². The third-order valence-electron chi connectivity index (χ3n) is 5.45. The molecular weight excluding hydrogens is 414 g/mol. The molecular formula is C24H30ClN3O3. The van der Waals surface area contributed by atoms with E-state index in [0.717, 1.165) is 44.0 Å². The van der Waals surface area contributed by atoms with Gasteiger partial charge in [0, 0.05) is 51.1 Å². The van der Waals surface area contributed by atoms with Gasteiger partial charge in [-0.05, 0) is 23.3 Å². The molecule has 0 bridgehead atoms. The van der Waals surface area contributed by atoms with Gasteiger partial charge in [-0.25, -0.2) is 0 Å². The van der Waals surface area contributed by atoms with Crippen molar-refractivity contribution in [3.8, 4) is 0 Å². The maximum Gasteiger partial charge on any atom is 0.243 e. The highest BCUT2D eigenvalue weighted by molar-refractivity contribution is 6.30. The molecule has 1 fully saturated rings. The Kier molecular flexibility index (Phi) is 8.88. The summed E-state index contributed by atoms with van der Waals surface area (Å²) in [6.45, 7) is 6.36. The van der Waals surface area contributed by atoms with E-state index in [9.17, 15) is 9.59 Å². The van der Waals surface area contributed by atoms with Crippen molar-refractivity contribution in [2.45, 2.75) is 25.9 Å². The summed E-state index contributed by atoms with van der Waals surface area (Å²) in [6, 6.07) is 16.6. The van der Waals surface area contributed by atoms with Crippen LogP contribution in [0.2, 0.25) is 5.02 Å². The molecule has 1 N–H and O–H groups in total. The van der Waals surface area contributed by atoms with Crippen molar-refractivity contribution in [3.63, 3.8) is 0 Å². The zero-order valence-electron chi connectivity index (χ0n) is 17.9. The van der Waals surface area contributed by atoms with Gasteiger partial charge in [-0.2, -0.15) is 0 Å². The third kappa shape index (κ3) is 7.35. The van der Waals surface area contributed by atoms with Crippen LogP contribution in [0, 0.1) is 0 Å². The van der Waals surface area contributed by atoms with E-state index >= 15 is 0 Å². The monoisotopic (exact) mass is 443 g/mol. The fourth-order valence-corrected chi connectivity index (χ4v) is 3.82. The van der Waals surface area contributed by atoms with Gasteiger partial charge in [0.25, 0.3) is 0 Å². The molecule has 0 aliphatic carbocycles. The van der Waals surface area contributed by atoms with Crippen LogP contribution in [0.15, 0.2) is 54.6 Å². The third-order valence-corrected chi connectivity index (χ3v) is 5.70. The van der Waals surface area contributed by atoms with E-state index in [1.807, 2.05) is 42.5 Å². The van der Waals surface area contributed by atoms with Crippen molar-refractivity contribution in [1.29, 1.82) is 0 Å². The molecule has 2 aromatic rings. The Bertz CT molecular complexity index is 839. The molecule has 1 aliphatic rings. The molecule has 3 rings (SSSR count). The van der Waals surface area contributed by atoms with Crippen LogP contribution in [-0.2, 0) is 27.3 Å². The number of amides is 2. The van der Waals surface area contributed by atoms with Crippen molar-refractivity contribution < 1.29 is 14.3 Å². The molecule has 0 radical (unpaired) electrons. The maximum absolute atomic E-state index is 13.2. The largest absolute Gasteiger partial charge is 0.379 e. The SMILES string of the molecule is CC(=O)N(Cc1ccc(Cl)cc1)[C@@H](Cc1ccccc1)C(=O)NCCN1CCOCC1. The average molecular weight is 444 g/mol. The van der Waals surface area contributed by atoms with Crippen LogP contribution in [0.3, 0.4) is 0 Å². The summed E-state index contributed by atoms with van der Waals surface area (Å²) in [5.41, 5.74) is 1.94. The fourth-order valence-electron chi connectivity index (χ4n) is 3.69. The van der Waals surface area contributed by atoms with Gasteiger partial charge in [0.2, 0.25) is 11.8 Å². The van der Waals surface area contributed by atoms with Gasteiger partial charge in [-0.15, -0.1) is 0 Å². The summed E-state index contributed by atoms with van der Waals surface area (Å²) in [7, 11) is 0. The molecule has 7 heteroatoms. The molecule has 1 saturated heterocycles. The van der Waals surface area contributed by atoms with Crippen molar-refractivity contribution >= 4 is 23.4 Å². The van der Waals surface area contributed by atoms with Crippen molar-refractivity contribution in [2.75, 3.05) is 39.4 Å². The van der Waals surface area contributed by atoms with Gasteiger partial charge in [0.1, 0.15) is 6.04 Å². The lowest BCUT2D eigenvalue weighted by Crippen LogP contribution is -2.51. The molecule has 0 spiro atoms. The number of morpholine rings is 1. The molecule has 31 heavy (non-hydrogen) atoms. The van der Waals surface area contributed by atoms with Crippen LogP contribution in [0.25, 0.3) is 0 Å². The highest BCUT2D eigenvalue weighted by Crippen LogP contribution is 2.16. The molecule has 166 valence electrons. The first-order valence-electron chi connectivity index (χ1n) is 10.7. The standard InChI is InChI=1S/C24H30ClN3O3/c1-19(29)28(18-21-7-9-22(25)10-8-21)23(17-20-5-3-2-4-6-20)24(30)26-11-12-27-13-15-31-16-14-27/h2-10,23H,11-18H2,1H3,(H,26,30)/t23-/m0/s1. The average Bonchev–Trinajstić information content (AvgIpc) is 2.78. The minimum Gasteiger partial charge on any atom is -0.379 e. The second-order valence-electron chi connectivity index (χ2n) is 7.72. The topological polar surface area (TPSA) is 61.9 Å². The van der Waals surface area contributed by atoms with E-state index in [0.29, 0.717) is 24.5 Å². The van der Waals surface area contributed by atoms with Crippen LogP contribution in [0.4, 0.5) is 0 Å². The first-order valence-corrected chi connectivity index (χ1v) is 11.0. The van der Waals surface area contributed by atoms with Crippen molar-refractivity contribution in [2.24, 2.45) is 0 Å². The minimum absolute atomic E-state index is 0.138. The zero-order chi connectivity index (χ0) is 22.1. The molecule has 1 aliphatic heterocycles. The second-order valence-corrected chi connectivity index (χ2v) is 8.16. The number of carbonyl (C=O) groups excluding carboxylic acids is 2. The van der Waals surface area contributed by atoms with Gasteiger partial charge < -0.3 is 15.0 Å². The summed E-state index contributed by atoms with van der Waals surface area (Å²) in [6.07, 6.45) is 0.456. The number of rotatable bonds is 9. The van der Waals surface area contributed by atoms with E-state index in [4.69, 9.17) is 16.3 Å². The van der Waals surface area contributed by atoms with E-state index in [1.54, 1.807) is 17.0 Å². The predicted molar refractivity (Wildman–Crippen MR) is 122 cm³/mol. The summed E-state index contributed by atoms with van der Waals surface area (Å²) in [5.74, 6) is -0.277. The van der Waals surface area contributed by atoms with Gasteiger partial charge in [0.15, 0.2) is 0 Å². The van der Waals surface area contributed by atoms with Gasteiger partial charge >= 0.3 is 0 Å². The Morgan fingerprint density at radius 2 is 1.74 bits per heavy atom. The predicted octanol–water partition coefficient (Wildman–Crippen LogP) is 2.75. The zero-order valence-corrected chi connectivity index (χ0v) is 18.7. The summed E-state index contributed by atoms with van der Waals surface area (Å²) < 4.78 is 5.37. The molecule has 1 heterocycles. The van der Waals surface area contributed by atoms with Crippen LogP contribution >= 0.6 is 11.6 Å². The quantitative estimate of drug-likeness (QED) is 0.647. The summed E-state index contributed by atoms with van der Waals surface area (Å²) in [5, 5.41) is 3.68. The number of halogens is 1. The molecule has 2 amide bonds. The first kappa shape index (κ1) is 23.3. The number of hydrogen-bond acceptors (Lipinski definition) is 4. The summed E-state index contributed by atoms with van der Waals surface area (Å²) in [4.78, 5) is 29.7. The smallest absolute Gasteiger partial charge is 0.243 e. The van der Waals surface area contributed by atoms with E-state index < -0.39 is 6.04 Å². The van der Waals surface area contributed by atoms with Gasteiger partial charge in [-0.3, -0.25) is 14.5 Å². The Hall–Kier alpha value is -2.41. The Balaban J connectivity index is 1.71. The minimum atomic E-state index is -0.597. The van der Waals surface area contributed by atoms with E-state index in [1.165, 1.54) is 6.92 Å². The highest BCUT2D eigenvalue weighted by atomic mass is 35.5. The van der Waals surface area contributed by atoms with Crippen LogP contribution in [-0.4, -0.2) is 67.0 Å². The molecule has 0 aromatic heterocycles. The van der Waals surface area contributed by atoms with Gasteiger partial charge in [-0.1, -0.05) is 54.1 Å². The lowest BCUT2D eigenvalue weighted by atomic mass is 10.0. The van der Waals surface area contributed by atoms with Crippen LogP contribution in [0.1, 0.15) is 18.1 Å². The van der Waals surface area contributed by atoms with Gasteiger partial charge in [0.05, 0.1) is 13.2 Å². The normalized spacial score (nSPS) is 15.3. The van der Waals surface area contributed by atoms with Crippen LogP contribution < -0.4 is 5.32 Å². The number of nitrogens with zero attached hydrogens (tertiary/aromatic N) is 2. The Morgan fingerprint density at radius 3 is 2.39 bits per heavy atom. The molecule has 0 unspecified atom stereocenters. The number of ether oxygens (including phenoxy) is 1. The highest BCUT2D eigenvalue weighted by Gasteiger charge is 2.28. The van der Waals surface area contributed by atoms with E-state index in [-0.39, 0.29) is 11.8 Å². The fraction of sp³-hybridized carbons (Fsp3) is 0.417. The number of nitrogens with one attached hydrogen (secondary N) is 1.